The topological polar surface area (TPSA) is 55.9 Å². The Morgan fingerprint density at radius 3 is 2.41 bits per heavy atom. The first-order valence-corrected chi connectivity index (χ1v) is 10.4. The number of nitrogens with zero attached hydrogens (tertiary/aromatic N) is 3. The van der Waals surface area contributed by atoms with Crippen molar-refractivity contribution in [1.82, 2.24) is 15.1 Å². The van der Waals surface area contributed by atoms with Gasteiger partial charge < -0.3 is 20.0 Å². The van der Waals surface area contributed by atoms with Gasteiger partial charge in [0.2, 0.25) is 5.91 Å². The second kappa shape index (κ2) is 8.99. The van der Waals surface area contributed by atoms with Gasteiger partial charge in [-0.2, -0.15) is 0 Å². The molecule has 6 heteroatoms. The first kappa shape index (κ1) is 19.3. The molecule has 2 saturated heterocycles. The highest BCUT2D eigenvalue weighted by atomic mass is 16.2. The molecule has 2 aromatic rings. The van der Waals surface area contributed by atoms with E-state index in [1.54, 1.807) is 0 Å². The van der Waals surface area contributed by atoms with E-state index >= 15 is 0 Å². The number of urea groups is 1. The summed E-state index contributed by atoms with van der Waals surface area (Å²) >= 11 is 0. The highest BCUT2D eigenvalue weighted by Crippen LogP contribution is 2.17. The van der Waals surface area contributed by atoms with Crippen LogP contribution in [-0.2, 0) is 11.3 Å². The molecule has 0 spiro atoms. The number of para-hydroxylation sites is 1. The summed E-state index contributed by atoms with van der Waals surface area (Å²) in [5, 5.41) is 3.08. The van der Waals surface area contributed by atoms with Crippen molar-refractivity contribution in [3.63, 3.8) is 0 Å². The van der Waals surface area contributed by atoms with Crippen molar-refractivity contribution in [2.75, 3.05) is 37.6 Å². The van der Waals surface area contributed by atoms with Crippen molar-refractivity contribution in [3.05, 3.63) is 66.2 Å². The maximum absolute atomic E-state index is 12.8. The molecule has 6 nitrogen and oxygen atoms in total. The van der Waals surface area contributed by atoms with Crippen LogP contribution >= 0.6 is 0 Å². The third kappa shape index (κ3) is 4.88. The maximum Gasteiger partial charge on any atom is 0.317 e. The first-order chi connectivity index (χ1) is 14.2. The van der Waals surface area contributed by atoms with Gasteiger partial charge in [-0.3, -0.25) is 4.79 Å². The summed E-state index contributed by atoms with van der Waals surface area (Å²) in [6, 6.07) is 20.1. The number of carbonyl (C=O) groups is 2. The molecular formula is C23H28N4O2. The van der Waals surface area contributed by atoms with E-state index in [9.17, 15) is 9.59 Å². The molecule has 0 bridgehead atoms. The molecule has 0 aromatic heterocycles. The normalized spacial score (nSPS) is 19.9. The molecule has 2 heterocycles. The Hall–Kier alpha value is -3.02. The summed E-state index contributed by atoms with van der Waals surface area (Å²) in [4.78, 5) is 31.2. The van der Waals surface area contributed by atoms with Gasteiger partial charge in [-0.05, 0) is 24.1 Å². The number of hydrogen-bond donors (Lipinski definition) is 1. The van der Waals surface area contributed by atoms with Crippen molar-refractivity contribution in [2.45, 2.75) is 25.4 Å². The Balaban J connectivity index is 1.29. The molecule has 1 unspecified atom stereocenters. The summed E-state index contributed by atoms with van der Waals surface area (Å²) in [6.07, 6.45) is 1.31. The van der Waals surface area contributed by atoms with E-state index in [0.717, 1.165) is 31.6 Å². The van der Waals surface area contributed by atoms with Crippen molar-refractivity contribution >= 4 is 17.6 Å². The van der Waals surface area contributed by atoms with Crippen LogP contribution < -0.4 is 10.2 Å². The minimum Gasteiger partial charge on any atom is -0.370 e. The zero-order valence-electron chi connectivity index (χ0n) is 16.7. The third-order valence-electron chi connectivity index (χ3n) is 5.66. The summed E-state index contributed by atoms with van der Waals surface area (Å²) in [5.41, 5.74) is 2.31. The monoisotopic (exact) mass is 392 g/mol. The number of rotatable bonds is 4. The maximum atomic E-state index is 12.8. The lowest BCUT2D eigenvalue weighted by molar-refractivity contribution is -0.128. The summed E-state index contributed by atoms with van der Waals surface area (Å²) in [5.74, 6) is 0.102. The van der Waals surface area contributed by atoms with Crippen LogP contribution in [0.3, 0.4) is 0 Å². The van der Waals surface area contributed by atoms with E-state index in [4.69, 9.17) is 0 Å². The van der Waals surface area contributed by atoms with Crippen LogP contribution in [-0.4, -0.2) is 60.5 Å². The van der Waals surface area contributed by atoms with Crippen molar-refractivity contribution < 1.29 is 9.59 Å². The lowest BCUT2D eigenvalue weighted by Crippen LogP contribution is -2.47. The van der Waals surface area contributed by atoms with E-state index in [1.165, 1.54) is 5.69 Å². The molecule has 4 rings (SSSR count). The van der Waals surface area contributed by atoms with Crippen LogP contribution in [0.2, 0.25) is 0 Å². The fourth-order valence-electron chi connectivity index (χ4n) is 4.11. The minimum atomic E-state index is -0.118. The van der Waals surface area contributed by atoms with E-state index in [1.807, 2.05) is 58.3 Å². The van der Waals surface area contributed by atoms with Crippen LogP contribution in [0, 0.1) is 0 Å². The first-order valence-electron chi connectivity index (χ1n) is 10.4. The standard InChI is InChI=1S/C23H28N4O2/c28-22-16-20(18-27(22)17-19-8-3-1-4-9-19)24-23(29)26-13-7-12-25(14-15-26)21-10-5-2-6-11-21/h1-6,8-11,20H,7,12-18H2,(H,24,29). The van der Waals surface area contributed by atoms with Crippen LogP contribution in [0.15, 0.2) is 60.7 Å². The van der Waals surface area contributed by atoms with Gasteiger partial charge in [0.25, 0.3) is 0 Å². The largest absolute Gasteiger partial charge is 0.370 e. The fourth-order valence-corrected chi connectivity index (χ4v) is 4.11. The van der Waals surface area contributed by atoms with E-state index in [-0.39, 0.29) is 18.0 Å². The van der Waals surface area contributed by atoms with Gasteiger partial charge in [0.1, 0.15) is 0 Å². The van der Waals surface area contributed by atoms with E-state index in [0.29, 0.717) is 26.1 Å². The molecule has 29 heavy (non-hydrogen) atoms. The Labute approximate surface area is 172 Å². The average Bonchev–Trinajstić information content (AvgIpc) is 2.94. The Morgan fingerprint density at radius 2 is 1.66 bits per heavy atom. The zero-order chi connectivity index (χ0) is 20.1. The number of likely N-dealkylation sites (tertiary alicyclic amines) is 1. The molecule has 2 fully saturated rings. The third-order valence-corrected chi connectivity index (χ3v) is 5.66. The molecular weight excluding hydrogens is 364 g/mol. The highest BCUT2D eigenvalue weighted by Gasteiger charge is 2.31. The molecule has 2 aliphatic heterocycles. The van der Waals surface area contributed by atoms with Crippen molar-refractivity contribution in [3.8, 4) is 0 Å². The molecule has 152 valence electrons. The van der Waals surface area contributed by atoms with Crippen LogP contribution in [0.4, 0.5) is 10.5 Å². The van der Waals surface area contributed by atoms with Crippen molar-refractivity contribution in [2.24, 2.45) is 0 Å². The molecule has 3 amide bonds. The lowest BCUT2D eigenvalue weighted by Gasteiger charge is -2.25. The molecule has 0 saturated carbocycles. The molecule has 0 aliphatic carbocycles. The quantitative estimate of drug-likeness (QED) is 0.871. The number of amides is 3. The van der Waals surface area contributed by atoms with Gasteiger partial charge in [-0.15, -0.1) is 0 Å². The molecule has 2 aliphatic rings. The second-order valence-electron chi connectivity index (χ2n) is 7.77. The lowest BCUT2D eigenvalue weighted by atomic mass is 10.2. The smallest absolute Gasteiger partial charge is 0.317 e. The van der Waals surface area contributed by atoms with Gasteiger partial charge in [0, 0.05) is 51.4 Å². The summed E-state index contributed by atoms with van der Waals surface area (Å²) in [6.45, 7) is 4.37. The predicted molar refractivity (Wildman–Crippen MR) is 114 cm³/mol. The van der Waals surface area contributed by atoms with Crippen LogP contribution in [0.5, 0.6) is 0 Å². The number of carbonyl (C=O) groups excluding carboxylic acids is 2. The van der Waals surface area contributed by atoms with Crippen LogP contribution in [0.25, 0.3) is 0 Å². The molecule has 0 radical (unpaired) electrons. The highest BCUT2D eigenvalue weighted by molar-refractivity contribution is 5.81. The van der Waals surface area contributed by atoms with Gasteiger partial charge >= 0.3 is 6.03 Å². The second-order valence-corrected chi connectivity index (χ2v) is 7.77. The van der Waals surface area contributed by atoms with Gasteiger partial charge in [-0.1, -0.05) is 48.5 Å². The van der Waals surface area contributed by atoms with Gasteiger partial charge in [0.15, 0.2) is 0 Å². The molecule has 1 atom stereocenters. The Kier molecular flexibility index (Phi) is 5.98. The predicted octanol–water partition coefficient (Wildman–Crippen LogP) is 2.71. The number of nitrogens with one attached hydrogen (secondary N) is 1. The number of anilines is 1. The fraction of sp³-hybridized carbons (Fsp3) is 0.391. The van der Waals surface area contributed by atoms with Gasteiger partial charge in [0.05, 0.1) is 6.04 Å². The average molecular weight is 393 g/mol. The van der Waals surface area contributed by atoms with Gasteiger partial charge in [-0.25, -0.2) is 4.79 Å². The Bertz CT molecular complexity index is 827. The van der Waals surface area contributed by atoms with Crippen molar-refractivity contribution in [1.29, 1.82) is 0 Å². The van der Waals surface area contributed by atoms with E-state index < -0.39 is 0 Å². The molecule has 1 N–H and O–H groups in total. The number of benzene rings is 2. The number of hydrogen-bond acceptors (Lipinski definition) is 3. The summed E-state index contributed by atoms with van der Waals surface area (Å²) in [7, 11) is 0. The Morgan fingerprint density at radius 1 is 0.931 bits per heavy atom. The van der Waals surface area contributed by atoms with Crippen LogP contribution in [0.1, 0.15) is 18.4 Å². The minimum absolute atomic E-state index is 0.0562. The zero-order valence-corrected chi connectivity index (χ0v) is 16.7. The SMILES string of the molecule is O=C1CC(NC(=O)N2CCCN(c3ccccc3)CC2)CN1Cc1ccccc1. The summed E-state index contributed by atoms with van der Waals surface area (Å²) < 4.78 is 0. The van der Waals surface area contributed by atoms with E-state index in [2.05, 4.69) is 22.3 Å². The molecule has 2 aromatic carbocycles.